The maximum Gasteiger partial charge on any atom is 0.161 e. The zero-order valence-electron chi connectivity index (χ0n) is 13.3. The molecule has 1 N–H and O–H groups in total. The van der Waals surface area contributed by atoms with E-state index >= 15 is 0 Å². The molecule has 1 aliphatic rings. The Balaban J connectivity index is 1.96. The third-order valence-electron chi connectivity index (χ3n) is 4.37. The van der Waals surface area contributed by atoms with Crippen molar-refractivity contribution in [1.29, 1.82) is 0 Å². The number of benzene rings is 2. The molecule has 0 bridgehead atoms. The van der Waals surface area contributed by atoms with Crippen molar-refractivity contribution in [1.82, 2.24) is 5.32 Å². The fraction of sp³-hybridized carbons (Fsp3) is 0.368. The summed E-state index contributed by atoms with van der Waals surface area (Å²) < 4.78 is 10.9. The van der Waals surface area contributed by atoms with Crippen molar-refractivity contribution in [3.8, 4) is 11.5 Å². The zero-order chi connectivity index (χ0) is 15.4. The van der Waals surface area contributed by atoms with Gasteiger partial charge in [-0.2, -0.15) is 0 Å². The van der Waals surface area contributed by atoms with E-state index in [1.165, 1.54) is 16.7 Å². The van der Waals surface area contributed by atoms with Gasteiger partial charge in [-0.15, -0.1) is 0 Å². The highest BCUT2D eigenvalue weighted by molar-refractivity contribution is 5.49. The summed E-state index contributed by atoms with van der Waals surface area (Å²) in [4.78, 5) is 0. The van der Waals surface area contributed by atoms with Gasteiger partial charge < -0.3 is 14.8 Å². The molecule has 0 aromatic heterocycles. The predicted molar refractivity (Wildman–Crippen MR) is 89.0 cm³/mol. The van der Waals surface area contributed by atoms with Crippen LogP contribution in [-0.2, 0) is 12.8 Å². The molecule has 22 heavy (non-hydrogen) atoms. The van der Waals surface area contributed by atoms with Gasteiger partial charge in [-0.05, 0) is 48.2 Å². The maximum atomic E-state index is 5.50. The van der Waals surface area contributed by atoms with Gasteiger partial charge in [0.15, 0.2) is 11.5 Å². The minimum absolute atomic E-state index is 0.458. The fourth-order valence-corrected chi connectivity index (χ4v) is 3.22. The van der Waals surface area contributed by atoms with Crippen molar-refractivity contribution in [2.45, 2.75) is 18.8 Å². The Morgan fingerprint density at radius 3 is 2.50 bits per heavy atom. The van der Waals surface area contributed by atoms with Crippen LogP contribution >= 0.6 is 0 Å². The van der Waals surface area contributed by atoms with Crippen molar-refractivity contribution < 1.29 is 9.47 Å². The summed E-state index contributed by atoms with van der Waals surface area (Å²) in [7, 11) is 3.39. The van der Waals surface area contributed by atoms with E-state index < -0.39 is 0 Å². The minimum Gasteiger partial charge on any atom is -0.493 e. The van der Waals surface area contributed by atoms with Crippen LogP contribution in [0, 0.1) is 0 Å². The minimum atomic E-state index is 0.458. The number of hydrogen-bond donors (Lipinski definition) is 1. The number of nitrogens with one attached hydrogen (secondary N) is 1. The second-order valence-electron chi connectivity index (χ2n) is 5.75. The van der Waals surface area contributed by atoms with Crippen LogP contribution in [0.25, 0.3) is 0 Å². The van der Waals surface area contributed by atoms with Crippen LogP contribution < -0.4 is 14.8 Å². The lowest BCUT2D eigenvalue weighted by Crippen LogP contribution is -2.21. The van der Waals surface area contributed by atoms with Crippen LogP contribution in [0.4, 0.5) is 0 Å². The lowest BCUT2D eigenvalue weighted by Gasteiger charge is -2.20. The third kappa shape index (κ3) is 3.09. The molecule has 0 saturated carbocycles. The Morgan fingerprint density at radius 2 is 1.77 bits per heavy atom. The Hall–Kier alpha value is -2.00. The van der Waals surface area contributed by atoms with Gasteiger partial charge in [0.1, 0.15) is 0 Å². The Kier molecular flexibility index (Phi) is 4.64. The number of rotatable bonds is 4. The first-order valence-electron chi connectivity index (χ1n) is 7.81. The summed E-state index contributed by atoms with van der Waals surface area (Å²) in [5.74, 6) is 2.10. The monoisotopic (exact) mass is 297 g/mol. The standard InChI is InChI=1S/C19H23NO2/c1-21-18-11-15-8-9-20-13-16(17(15)12-19(18)22-2)10-14-6-4-3-5-7-14/h3-7,11-12,16,20H,8-10,13H2,1-2H3. The molecule has 2 aromatic rings. The molecule has 0 saturated heterocycles. The number of methoxy groups -OCH3 is 2. The maximum absolute atomic E-state index is 5.50. The van der Waals surface area contributed by atoms with E-state index in [1.54, 1.807) is 14.2 Å². The Bertz CT molecular complexity index is 625. The van der Waals surface area contributed by atoms with Crippen molar-refractivity contribution in [3.05, 3.63) is 59.2 Å². The second-order valence-corrected chi connectivity index (χ2v) is 5.75. The van der Waals surface area contributed by atoms with Crippen LogP contribution in [0.15, 0.2) is 42.5 Å². The molecule has 3 heteroatoms. The van der Waals surface area contributed by atoms with E-state index in [1.807, 2.05) is 0 Å². The SMILES string of the molecule is COc1cc2c(cc1OC)C(Cc1ccccc1)CNCC2. The molecule has 1 heterocycles. The lowest BCUT2D eigenvalue weighted by atomic mass is 9.88. The molecule has 3 nitrogen and oxygen atoms in total. The van der Waals surface area contributed by atoms with E-state index in [2.05, 4.69) is 47.8 Å². The van der Waals surface area contributed by atoms with Crippen molar-refractivity contribution in [2.75, 3.05) is 27.3 Å². The van der Waals surface area contributed by atoms with Gasteiger partial charge in [0.25, 0.3) is 0 Å². The topological polar surface area (TPSA) is 30.5 Å². The molecule has 3 rings (SSSR count). The van der Waals surface area contributed by atoms with Gasteiger partial charge >= 0.3 is 0 Å². The first-order chi connectivity index (χ1) is 10.8. The highest BCUT2D eigenvalue weighted by atomic mass is 16.5. The van der Waals surface area contributed by atoms with Crippen LogP contribution in [0.1, 0.15) is 22.6 Å². The fourth-order valence-electron chi connectivity index (χ4n) is 3.22. The summed E-state index contributed by atoms with van der Waals surface area (Å²) in [5.41, 5.74) is 4.12. The van der Waals surface area contributed by atoms with Crippen molar-refractivity contribution in [3.63, 3.8) is 0 Å². The van der Waals surface area contributed by atoms with Crippen molar-refractivity contribution >= 4 is 0 Å². The van der Waals surface area contributed by atoms with Crippen LogP contribution in [0.2, 0.25) is 0 Å². The molecule has 0 radical (unpaired) electrons. The molecular formula is C19H23NO2. The molecule has 0 aliphatic carbocycles. The molecular weight excluding hydrogens is 274 g/mol. The first kappa shape index (κ1) is 14.9. The van der Waals surface area contributed by atoms with E-state index in [9.17, 15) is 0 Å². The van der Waals surface area contributed by atoms with Crippen LogP contribution in [-0.4, -0.2) is 27.3 Å². The summed E-state index contributed by atoms with van der Waals surface area (Å²) in [5, 5.41) is 3.56. The molecule has 0 spiro atoms. The van der Waals surface area contributed by atoms with Crippen LogP contribution in [0.5, 0.6) is 11.5 Å². The quantitative estimate of drug-likeness (QED) is 0.940. The van der Waals surface area contributed by atoms with Crippen LogP contribution in [0.3, 0.4) is 0 Å². The third-order valence-corrected chi connectivity index (χ3v) is 4.37. The molecule has 1 aliphatic heterocycles. The largest absolute Gasteiger partial charge is 0.493 e. The molecule has 116 valence electrons. The lowest BCUT2D eigenvalue weighted by molar-refractivity contribution is 0.354. The summed E-state index contributed by atoms with van der Waals surface area (Å²) in [6.07, 6.45) is 2.07. The number of fused-ring (bicyclic) bond motifs is 1. The van der Waals surface area contributed by atoms with Crippen molar-refractivity contribution in [2.24, 2.45) is 0 Å². The molecule has 0 amide bonds. The molecule has 2 aromatic carbocycles. The summed E-state index contributed by atoms with van der Waals surface area (Å²) >= 11 is 0. The normalized spacial score (nSPS) is 17.5. The van der Waals surface area contributed by atoms with Gasteiger partial charge in [0, 0.05) is 12.5 Å². The summed E-state index contributed by atoms with van der Waals surface area (Å²) in [6.45, 7) is 2.01. The molecule has 1 atom stereocenters. The van der Waals surface area contributed by atoms with E-state index in [0.717, 1.165) is 37.4 Å². The highest BCUT2D eigenvalue weighted by Gasteiger charge is 2.21. The highest BCUT2D eigenvalue weighted by Crippen LogP contribution is 2.36. The Labute approximate surface area is 132 Å². The van der Waals surface area contributed by atoms with Gasteiger partial charge in [-0.25, -0.2) is 0 Å². The average Bonchev–Trinajstić information content (AvgIpc) is 2.76. The van der Waals surface area contributed by atoms with Gasteiger partial charge in [0.2, 0.25) is 0 Å². The summed E-state index contributed by atoms with van der Waals surface area (Å²) in [6, 6.07) is 15.0. The Morgan fingerprint density at radius 1 is 1.05 bits per heavy atom. The predicted octanol–water partition coefficient (Wildman–Crippen LogP) is 3.18. The van der Waals surface area contributed by atoms with E-state index in [0.29, 0.717) is 5.92 Å². The first-order valence-corrected chi connectivity index (χ1v) is 7.81. The van der Waals surface area contributed by atoms with Gasteiger partial charge in [-0.3, -0.25) is 0 Å². The average molecular weight is 297 g/mol. The molecule has 0 fully saturated rings. The zero-order valence-corrected chi connectivity index (χ0v) is 13.3. The number of hydrogen-bond acceptors (Lipinski definition) is 3. The smallest absolute Gasteiger partial charge is 0.161 e. The van der Waals surface area contributed by atoms with Gasteiger partial charge in [0.05, 0.1) is 14.2 Å². The van der Waals surface area contributed by atoms with Gasteiger partial charge in [-0.1, -0.05) is 30.3 Å². The molecule has 1 unspecified atom stereocenters. The van der Waals surface area contributed by atoms with E-state index in [-0.39, 0.29) is 0 Å². The second kappa shape index (κ2) is 6.84. The van der Waals surface area contributed by atoms with E-state index in [4.69, 9.17) is 9.47 Å². The number of ether oxygens (including phenoxy) is 2.